The number of hydrogen-bond acceptors (Lipinski definition) is 4. The second kappa shape index (κ2) is 9.82. The number of methoxy groups -OCH3 is 1. The van der Waals surface area contributed by atoms with Crippen LogP contribution < -0.4 is 15.4 Å². The average Bonchev–Trinajstić information content (AvgIpc) is 3.20. The Bertz CT molecular complexity index is 976. The van der Waals surface area contributed by atoms with E-state index in [4.69, 9.17) is 9.15 Å². The molecule has 7 nitrogen and oxygen atoms in total. The quantitative estimate of drug-likeness (QED) is 0.463. The first-order chi connectivity index (χ1) is 14.5. The molecule has 0 fully saturated rings. The van der Waals surface area contributed by atoms with Gasteiger partial charge in [-0.25, -0.2) is 4.99 Å². The summed E-state index contributed by atoms with van der Waals surface area (Å²) in [5.74, 6) is 2.10. The summed E-state index contributed by atoms with van der Waals surface area (Å²) in [7, 11) is 5.09. The summed E-state index contributed by atoms with van der Waals surface area (Å²) in [6.45, 7) is 2.60. The molecule has 1 atom stereocenters. The molecule has 0 aliphatic carbocycles. The number of likely N-dealkylation sites (N-methyl/N-ethyl adjacent to an activating group) is 1. The maximum atomic E-state index is 12.0. The Balaban J connectivity index is 1.73. The van der Waals surface area contributed by atoms with Gasteiger partial charge in [-0.2, -0.15) is 0 Å². The van der Waals surface area contributed by atoms with Crippen molar-refractivity contribution in [2.75, 3.05) is 27.7 Å². The van der Waals surface area contributed by atoms with Crippen LogP contribution in [0.3, 0.4) is 0 Å². The molecule has 7 heteroatoms. The molecule has 2 N–H and O–H groups in total. The minimum Gasteiger partial charge on any atom is -0.497 e. The largest absolute Gasteiger partial charge is 0.497 e. The highest BCUT2D eigenvalue weighted by molar-refractivity contribution is 5.86. The molecule has 1 aromatic heterocycles. The van der Waals surface area contributed by atoms with Gasteiger partial charge in [0.15, 0.2) is 5.96 Å². The van der Waals surface area contributed by atoms with Gasteiger partial charge in [0.25, 0.3) is 0 Å². The number of aliphatic imine (C=N–C) groups is 1. The number of nitrogens with zero attached hydrogens (tertiary/aromatic N) is 2. The summed E-state index contributed by atoms with van der Waals surface area (Å²) in [6, 6.07) is 17.5. The normalized spacial score (nSPS) is 12.5. The molecule has 1 heterocycles. The SMILES string of the molecule is COc1ccc(CN=C(NCC(=O)N(C)C)NC(C)c2cc3ccccc3o2)cc1. The Morgan fingerprint density at radius 1 is 1.17 bits per heavy atom. The van der Waals surface area contributed by atoms with Gasteiger partial charge in [-0.1, -0.05) is 30.3 Å². The molecule has 30 heavy (non-hydrogen) atoms. The van der Waals surface area contributed by atoms with Crippen LogP contribution in [0.5, 0.6) is 5.75 Å². The van der Waals surface area contributed by atoms with Crippen LogP contribution in [-0.2, 0) is 11.3 Å². The summed E-state index contributed by atoms with van der Waals surface area (Å²) in [4.78, 5) is 18.2. The summed E-state index contributed by atoms with van der Waals surface area (Å²) in [6.07, 6.45) is 0. The maximum absolute atomic E-state index is 12.0. The van der Waals surface area contributed by atoms with Crippen LogP contribution in [-0.4, -0.2) is 44.5 Å². The van der Waals surface area contributed by atoms with Gasteiger partial charge in [-0.3, -0.25) is 4.79 Å². The first-order valence-electron chi connectivity index (χ1n) is 9.82. The topological polar surface area (TPSA) is 79.1 Å². The zero-order valence-corrected chi connectivity index (χ0v) is 17.8. The first kappa shape index (κ1) is 21.2. The highest BCUT2D eigenvalue weighted by Crippen LogP contribution is 2.23. The number of carbonyl (C=O) groups excluding carboxylic acids is 1. The number of amides is 1. The van der Waals surface area contributed by atoms with Crippen LogP contribution in [0.15, 0.2) is 64.0 Å². The lowest BCUT2D eigenvalue weighted by molar-refractivity contribution is -0.127. The molecule has 1 amide bonds. The fourth-order valence-corrected chi connectivity index (χ4v) is 2.86. The van der Waals surface area contributed by atoms with Gasteiger partial charge in [0.1, 0.15) is 17.1 Å². The van der Waals surface area contributed by atoms with Crippen molar-refractivity contribution < 1.29 is 13.9 Å². The van der Waals surface area contributed by atoms with Gasteiger partial charge in [0.2, 0.25) is 5.91 Å². The predicted octanol–water partition coefficient (Wildman–Crippen LogP) is 3.33. The average molecular weight is 409 g/mol. The number of guanidine groups is 1. The Morgan fingerprint density at radius 2 is 1.90 bits per heavy atom. The third-order valence-electron chi connectivity index (χ3n) is 4.71. The van der Waals surface area contributed by atoms with E-state index in [0.717, 1.165) is 28.0 Å². The zero-order chi connectivity index (χ0) is 21.5. The van der Waals surface area contributed by atoms with Gasteiger partial charge < -0.3 is 24.7 Å². The minimum absolute atomic E-state index is 0.0367. The van der Waals surface area contributed by atoms with Crippen molar-refractivity contribution in [1.29, 1.82) is 0 Å². The molecular formula is C23H28N4O3. The molecule has 0 aliphatic rings. The number of hydrogen-bond donors (Lipinski definition) is 2. The molecule has 1 unspecified atom stereocenters. The lowest BCUT2D eigenvalue weighted by Crippen LogP contribution is -2.43. The lowest BCUT2D eigenvalue weighted by atomic mass is 10.2. The Morgan fingerprint density at radius 3 is 2.57 bits per heavy atom. The summed E-state index contributed by atoms with van der Waals surface area (Å²) in [5, 5.41) is 7.49. The van der Waals surface area contributed by atoms with E-state index < -0.39 is 0 Å². The lowest BCUT2D eigenvalue weighted by Gasteiger charge is -2.18. The molecule has 3 rings (SSSR count). The number of carbonyl (C=O) groups is 1. The van der Waals surface area contributed by atoms with Crippen molar-refractivity contribution in [2.24, 2.45) is 4.99 Å². The molecule has 158 valence electrons. The molecule has 0 saturated carbocycles. The number of benzene rings is 2. The van der Waals surface area contributed by atoms with Crippen LogP contribution in [0.1, 0.15) is 24.3 Å². The van der Waals surface area contributed by atoms with E-state index in [0.29, 0.717) is 12.5 Å². The Kier molecular flexibility index (Phi) is 6.95. The van der Waals surface area contributed by atoms with E-state index in [-0.39, 0.29) is 18.5 Å². The predicted molar refractivity (Wildman–Crippen MR) is 119 cm³/mol. The van der Waals surface area contributed by atoms with Crippen molar-refractivity contribution in [3.8, 4) is 5.75 Å². The minimum atomic E-state index is -0.131. The molecule has 0 bridgehead atoms. The fourth-order valence-electron chi connectivity index (χ4n) is 2.86. The van der Waals surface area contributed by atoms with Crippen LogP contribution in [0.25, 0.3) is 11.0 Å². The third kappa shape index (κ3) is 5.53. The van der Waals surface area contributed by atoms with Gasteiger partial charge in [-0.15, -0.1) is 0 Å². The highest BCUT2D eigenvalue weighted by atomic mass is 16.5. The second-order valence-corrected chi connectivity index (χ2v) is 7.21. The second-order valence-electron chi connectivity index (χ2n) is 7.21. The van der Waals surface area contributed by atoms with Gasteiger partial charge in [-0.05, 0) is 36.8 Å². The van der Waals surface area contributed by atoms with Crippen molar-refractivity contribution in [1.82, 2.24) is 15.5 Å². The van der Waals surface area contributed by atoms with Crippen LogP contribution >= 0.6 is 0 Å². The maximum Gasteiger partial charge on any atom is 0.241 e. The van der Waals surface area contributed by atoms with Gasteiger partial charge in [0, 0.05) is 19.5 Å². The number of rotatable bonds is 7. The third-order valence-corrected chi connectivity index (χ3v) is 4.71. The molecule has 0 aliphatic heterocycles. The van der Waals surface area contributed by atoms with E-state index in [2.05, 4.69) is 15.6 Å². The number of nitrogens with one attached hydrogen (secondary N) is 2. The molecule has 2 aromatic carbocycles. The smallest absolute Gasteiger partial charge is 0.241 e. The van der Waals surface area contributed by atoms with E-state index in [9.17, 15) is 4.79 Å². The van der Waals surface area contributed by atoms with E-state index in [1.807, 2.05) is 61.5 Å². The monoisotopic (exact) mass is 408 g/mol. The van der Waals surface area contributed by atoms with E-state index in [1.54, 1.807) is 21.2 Å². The molecular weight excluding hydrogens is 380 g/mol. The number of fused-ring (bicyclic) bond motifs is 1. The zero-order valence-electron chi connectivity index (χ0n) is 17.8. The van der Waals surface area contributed by atoms with Crippen molar-refractivity contribution in [3.63, 3.8) is 0 Å². The molecule has 0 spiro atoms. The summed E-state index contributed by atoms with van der Waals surface area (Å²) in [5.41, 5.74) is 1.88. The summed E-state index contributed by atoms with van der Waals surface area (Å²) >= 11 is 0. The highest BCUT2D eigenvalue weighted by Gasteiger charge is 2.14. The van der Waals surface area contributed by atoms with E-state index >= 15 is 0 Å². The number of ether oxygens (including phenoxy) is 1. The number of para-hydroxylation sites is 1. The number of furan rings is 1. The van der Waals surface area contributed by atoms with Crippen LogP contribution in [0.4, 0.5) is 0 Å². The van der Waals surface area contributed by atoms with Gasteiger partial charge in [0.05, 0.1) is 26.2 Å². The fraction of sp³-hybridized carbons (Fsp3) is 0.304. The van der Waals surface area contributed by atoms with Crippen molar-refractivity contribution in [3.05, 3.63) is 65.9 Å². The van der Waals surface area contributed by atoms with E-state index in [1.165, 1.54) is 4.90 Å². The van der Waals surface area contributed by atoms with Crippen LogP contribution in [0.2, 0.25) is 0 Å². The van der Waals surface area contributed by atoms with Gasteiger partial charge >= 0.3 is 0 Å². The molecule has 0 radical (unpaired) electrons. The van der Waals surface area contributed by atoms with Crippen molar-refractivity contribution >= 4 is 22.8 Å². The molecule has 3 aromatic rings. The first-order valence-corrected chi connectivity index (χ1v) is 9.82. The standard InChI is InChI=1S/C23H28N4O3/c1-16(21-13-18-7-5-6-8-20(18)30-21)26-23(25-15-22(28)27(2)3)24-14-17-9-11-19(29-4)12-10-17/h5-13,16H,14-15H2,1-4H3,(H2,24,25,26). The van der Waals surface area contributed by atoms with Crippen molar-refractivity contribution in [2.45, 2.75) is 19.5 Å². The van der Waals surface area contributed by atoms with Crippen LogP contribution in [0, 0.1) is 0 Å². The Labute approximate surface area is 176 Å². The molecule has 0 saturated heterocycles. The summed E-state index contributed by atoms with van der Waals surface area (Å²) < 4.78 is 11.1. The Hall–Kier alpha value is -3.48.